The lowest BCUT2D eigenvalue weighted by molar-refractivity contribution is -0.115. The Morgan fingerprint density at radius 2 is 1.90 bits per heavy atom. The fourth-order valence-electron chi connectivity index (χ4n) is 2.79. The van der Waals surface area contributed by atoms with Crippen molar-refractivity contribution >= 4 is 28.3 Å². The van der Waals surface area contributed by atoms with Gasteiger partial charge in [-0.3, -0.25) is 9.59 Å². The van der Waals surface area contributed by atoms with Crippen LogP contribution < -0.4 is 20.1 Å². The van der Waals surface area contributed by atoms with E-state index in [2.05, 4.69) is 15.6 Å². The minimum absolute atomic E-state index is 0.121. The Hall–Kier alpha value is -3.46. The summed E-state index contributed by atoms with van der Waals surface area (Å²) in [5, 5.41) is 5.63. The van der Waals surface area contributed by atoms with Gasteiger partial charge in [0.2, 0.25) is 12.7 Å². The Morgan fingerprint density at radius 1 is 1.14 bits per heavy atom. The zero-order valence-electron chi connectivity index (χ0n) is 15.3. The van der Waals surface area contributed by atoms with E-state index >= 15 is 0 Å². The van der Waals surface area contributed by atoms with Gasteiger partial charge in [0.05, 0.1) is 12.2 Å². The molecule has 7 nitrogen and oxygen atoms in total. The van der Waals surface area contributed by atoms with Gasteiger partial charge in [-0.05, 0) is 49.4 Å². The number of ether oxygens (including phenoxy) is 2. The van der Waals surface area contributed by atoms with Gasteiger partial charge >= 0.3 is 0 Å². The molecule has 1 aliphatic rings. The van der Waals surface area contributed by atoms with E-state index in [1.807, 2.05) is 6.92 Å². The third-order valence-corrected chi connectivity index (χ3v) is 5.09. The molecule has 2 amide bonds. The van der Waals surface area contributed by atoms with E-state index in [0.717, 1.165) is 10.4 Å². The van der Waals surface area contributed by atoms with Gasteiger partial charge in [-0.15, -0.1) is 11.3 Å². The number of carbonyl (C=O) groups excluding carboxylic acids is 2. The summed E-state index contributed by atoms with van der Waals surface area (Å²) in [6, 6.07) is 10.8. The maximum Gasteiger partial charge on any atom is 0.251 e. The number of aryl methyl sites for hydroxylation is 1. The maximum absolute atomic E-state index is 13.1. The molecule has 1 aliphatic heterocycles. The summed E-state index contributed by atoms with van der Waals surface area (Å²) in [7, 11) is 0. The van der Waals surface area contributed by atoms with E-state index in [1.165, 1.54) is 23.5 Å². The number of halogens is 1. The highest BCUT2D eigenvalue weighted by Crippen LogP contribution is 2.32. The van der Waals surface area contributed by atoms with Gasteiger partial charge in [0, 0.05) is 16.0 Å². The van der Waals surface area contributed by atoms with Gasteiger partial charge in [0.1, 0.15) is 5.82 Å². The molecule has 0 saturated carbocycles. The zero-order chi connectivity index (χ0) is 20.4. The molecule has 1 aromatic heterocycles. The summed E-state index contributed by atoms with van der Waals surface area (Å²) in [5.41, 5.74) is 1.80. The molecular formula is C20H16FN3O4S. The van der Waals surface area contributed by atoms with Crippen LogP contribution in [0.4, 0.5) is 9.52 Å². The lowest BCUT2D eigenvalue weighted by Gasteiger charge is -2.06. The first-order valence-electron chi connectivity index (χ1n) is 8.70. The van der Waals surface area contributed by atoms with Crippen molar-refractivity contribution in [2.75, 3.05) is 18.7 Å². The predicted octanol–water partition coefficient (Wildman–Crippen LogP) is 3.35. The summed E-state index contributed by atoms with van der Waals surface area (Å²) < 4.78 is 23.5. The Morgan fingerprint density at radius 3 is 2.69 bits per heavy atom. The van der Waals surface area contributed by atoms with Gasteiger partial charge in [-0.1, -0.05) is 0 Å². The number of aromatic nitrogens is 1. The number of benzene rings is 2. The normalized spacial score (nSPS) is 11.9. The first-order chi connectivity index (χ1) is 14.0. The third kappa shape index (κ3) is 4.19. The van der Waals surface area contributed by atoms with Crippen LogP contribution >= 0.6 is 11.3 Å². The SMILES string of the molecule is Cc1sc(NC(=O)CNC(=O)c2ccc3c(c2)OCO3)nc1-c1ccc(F)cc1. The van der Waals surface area contributed by atoms with Gasteiger partial charge in [-0.2, -0.15) is 0 Å². The van der Waals surface area contributed by atoms with Crippen LogP contribution in [0.3, 0.4) is 0 Å². The topological polar surface area (TPSA) is 89.6 Å². The maximum atomic E-state index is 13.1. The zero-order valence-corrected chi connectivity index (χ0v) is 16.1. The molecule has 0 spiro atoms. The lowest BCUT2D eigenvalue weighted by atomic mass is 10.1. The number of hydrogen-bond acceptors (Lipinski definition) is 6. The number of nitrogens with one attached hydrogen (secondary N) is 2. The molecule has 2 aromatic carbocycles. The molecule has 2 N–H and O–H groups in total. The quantitative estimate of drug-likeness (QED) is 0.670. The van der Waals surface area contributed by atoms with E-state index in [4.69, 9.17) is 9.47 Å². The second-order valence-corrected chi connectivity index (χ2v) is 7.43. The van der Waals surface area contributed by atoms with Crippen molar-refractivity contribution in [1.29, 1.82) is 0 Å². The molecule has 0 unspecified atom stereocenters. The van der Waals surface area contributed by atoms with Crippen LogP contribution in [0.15, 0.2) is 42.5 Å². The molecule has 0 radical (unpaired) electrons. The molecule has 3 aromatic rings. The molecule has 2 heterocycles. The van der Waals surface area contributed by atoms with E-state index in [0.29, 0.717) is 27.9 Å². The first kappa shape index (κ1) is 18.9. The number of carbonyl (C=O) groups is 2. The standard InChI is InChI=1S/C20H16FN3O4S/c1-11-18(12-2-5-14(21)6-3-12)24-20(29-11)23-17(25)9-22-19(26)13-4-7-15-16(8-13)28-10-27-15/h2-8H,9-10H2,1H3,(H,22,26)(H,23,24,25). The minimum Gasteiger partial charge on any atom is -0.454 e. The van der Waals surface area contributed by atoms with Crippen LogP contribution in [0.5, 0.6) is 11.5 Å². The second-order valence-electron chi connectivity index (χ2n) is 6.23. The van der Waals surface area contributed by atoms with Gasteiger partial charge in [0.25, 0.3) is 5.91 Å². The number of hydrogen-bond donors (Lipinski definition) is 2. The van der Waals surface area contributed by atoms with Crippen LogP contribution in [0, 0.1) is 12.7 Å². The number of nitrogens with zero attached hydrogens (tertiary/aromatic N) is 1. The molecule has 9 heteroatoms. The summed E-state index contributed by atoms with van der Waals surface area (Å²) >= 11 is 1.31. The molecular weight excluding hydrogens is 397 g/mol. The summed E-state index contributed by atoms with van der Waals surface area (Å²) in [5.74, 6) is -0.0586. The van der Waals surface area contributed by atoms with Crippen molar-refractivity contribution in [1.82, 2.24) is 10.3 Å². The van der Waals surface area contributed by atoms with Crippen molar-refractivity contribution in [2.45, 2.75) is 6.92 Å². The fourth-order valence-corrected chi connectivity index (χ4v) is 3.64. The molecule has 0 saturated heterocycles. The monoisotopic (exact) mass is 413 g/mol. The molecule has 0 bridgehead atoms. The molecule has 29 heavy (non-hydrogen) atoms. The number of fused-ring (bicyclic) bond motifs is 1. The Labute approximate surface area is 169 Å². The molecule has 0 fully saturated rings. The highest BCUT2D eigenvalue weighted by molar-refractivity contribution is 7.16. The van der Waals surface area contributed by atoms with Gasteiger partial charge in [-0.25, -0.2) is 9.37 Å². The van der Waals surface area contributed by atoms with Crippen LogP contribution in [-0.2, 0) is 4.79 Å². The minimum atomic E-state index is -0.404. The number of anilines is 1. The van der Waals surface area contributed by atoms with Crippen molar-refractivity contribution < 1.29 is 23.5 Å². The smallest absolute Gasteiger partial charge is 0.251 e. The van der Waals surface area contributed by atoms with E-state index < -0.39 is 11.8 Å². The van der Waals surface area contributed by atoms with Gasteiger partial charge in [0.15, 0.2) is 16.6 Å². The molecule has 0 atom stereocenters. The van der Waals surface area contributed by atoms with Crippen molar-refractivity contribution in [3.63, 3.8) is 0 Å². The second kappa shape index (κ2) is 7.88. The van der Waals surface area contributed by atoms with Crippen LogP contribution in [-0.4, -0.2) is 30.1 Å². The average molecular weight is 413 g/mol. The van der Waals surface area contributed by atoms with Crippen molar-refractivity contribution in [2.24, 2.45) is 0 Å². The number of rotatable bonds is 5. The number of amides is 2. The Balaban J connectivity index is 1.36. The molecule has 148 valence electrons. The van der Waals surface area contributed by atoms with Crippen molar-refractivity contribution in [3.8, 4) is 22.8 Å². The Kier molecular flexibility index (Phi) is 5.13. The lowest BCUT2D eigenvalue weighted by Crippen LogP contribution is -2.32. The fraction of sp³-hybridized carbons (Fsp3) is 0.150. The van der Waals surface area contributed by atoms with Crippen LogP contribution in [0.1, 0.15) is 15.2 Å². The van der Waals surface area contributed by atoms with Crippen LogP contribution in [0.2, 0.25) is 0 Å². The van der Waals surface area contributed by atoms with E-state index in [1.54, 1.807) is 30.3 Å². The van der Waals surface area contributed by atoms with Crippen LogP contribution in [0.25, 0.3) is 11.3 Å². The van der Waals surface area contributed by atoms with E-state index in [9.17, 15) is 14.0 Å². The highest BCUT2D eigenvalue weighted by atomic mass is 32.1. The largest absolute Gasteiger partial charge is 0.454 e. The molecule has 4 rings (SSSR count). The number of thiazole rings is 1. The van der Waals surface area contributed by atoms with Gasteiger partial charge < -0.3 is 20.1 Å². The summed E-state index contributed by atoms with van der Waals surface area (Å²) in [6.07, 6.45) is 0. The first-order valence-corrected chi connectivity index (χ1v) is 9.52. The average Bonchev–Trinajstić information content (AvgIpc) is 3.32. The molecule has 0 aliphatic carbocycles. The summed E-state index contributed by atoms with van der Waals surface area (Å²) in [4.78, 5) is 29.7. The van der Waals surface area contributed by atoms with Crippen molar-refractivity contribution in [3.05, 3.63) is 58.7 Å². The predicted molar refractivity (Wildman–Crippen MR) is 106 cm³/mol. The van der Waals surface area contributed by atoms with E-state index in [-0.39, 0.29) is 19.2 Å². The Bertz CT molecular complexity index is 1080. The highest BCUT2D eigenvalue weighted by Gasteiger charge is 2.17. The third-order valence-electron chi connectivity index (χ3n) is 4.20. The summed E-state index contributed by atoms with van der Waals surface area (Å²) in [6.45, 7) is 1.78.